The molecule has 1 N–H and O–H groups in total. The van der Waals surface area contributed by atoms with Crippen LogP contribution in [0.5, 0.6) is 0 Å². The van der Waals surface area contributed by atoms with Crippen molar-refractivity contribution in [3.63, 3.8) is 0 Å². The van der Waals surface area contributed by atoms with Crippen LogP contribution in [0.2, 0.25) is 4.34 Å². The number of nitrogens with one attached hydrogen (secondary N) is 1. The van der Waals surface area contributed by atoms with Gasteiger partial charge in [0.25, 0.3) is 0 Å². The Labute approximate surface area is 100 Å². The fourth-order valence-electron chi connectivity index (χ4n) is 2.06. The predicted molar refractivity (Wildman–Crippen MR) is 67.7 cm³/mol. The summed E-state index contributed by atoms with van der Waals surface area (Å²) in [6.07, 6.45) is 6.14. The highest BCUT2D eigenvalue weighted by atomic mass is 35.5. The van der Waals surface area contributed by atoms with Crippen molar-refractivity contribution in [3.05, 3.63) is 33.0 Å². The van der Waals surface area contributed by atoms with E-state index in [0.717, 1.165) is 10.9 Å². The molecule has 1 aromatic rings. The maximum atomic E-state index is 5.98. The normalized spacial score (nSPS) is 17.9. The molecular formula is C12H16ClNS. The first-order valence-corrected chi connectivity index (χ1v) is 6.68. The lowest BCUT2D eigenvalue weighted by molar-refractivity contribution is 0.614. The van der Waals surface area contributed by atoms with Crippen LogP contribution < -0.4 is 5.32 Å². The van der Waals surface area contributed by atoms with Gasteiger partial charge in [-0.15, -0.1) is 11.3 Å². The number of allylic oxidation sites excluding steroid dienone is 1. The van der Waals surface area contributed by atoms with Crippen LogP contribution in [0.4, 0.5) is 0 Å². The molecule has 1 aromatic heterocycles. The summed E-state index contributed by atoms with van der Waals surface area (Å²) < 4.78 is 0.881. The van der Waals surface area contributed by atoms with E-state index >= 15 is 0 Å². The van der Waals surface area contributed by atoms with E-state index in [2.05, 4.69) is 24.4 Å². The van der Waals surface area contributed by atoms with Crippen molar-refractivity contribution in [1.82, 2.24) is 5.32 Å². The van der Waals surface area contributed by atoms with Gasteiger partial charge in [0.05, 0.1) is 10.4 Å². The summed E-state index contributed by atoms with van der Waals surface area (Å²) in [5.41, 5.74) is 1.54. The second kappa shape index (κ2) is 5.15. The quantitative estimate of drug-likeness (QED) is 0.781. The molecule has 0 saturated heterocycles. The Bertz CT molecular complexity index is 356. The third kappa shape index (κ3) is 2.63. The summed E-state index contributed by atoms with van der Waals surface area (Å²) >= 11 is 7.67. The van der Waals surface area contributed by atoms with Gasteiger partial charge in [-0.2, -0.15) is 0 Å². The van der Waals surface area contributed by atoms with Gasteiger partial charge in [-0.3, -0.25) is 0 Å². The number of likely N-dealkylation sites (N-methyl/N-ethyl adjacent to an activating group) is 1. The molecule has 0 aliphatic heterocycles. The first kappa shape index (κ1) is 11.2. The van der Waals surface area contributed by atoms with Crippen molar-refractivity contribution < 1.29 is 0 Å². The number of thiophene rings is 1. The van der Waals surface area contributed by atoms with E-state index in [1.54, 1.807) is 11.3 Å². The van der Waals surface area contributed by atoms with Gasteiger partial charge >= 0.3 is 0 Å². The first-order chi connectivity index (χ1) is 7.31. The minimum absolute atomic E-state index is 0.398. The van der Waals surface area contributed by atoms with Crippen molar-refractivity contribution in [2.24, 2.45) is 0 Å². The highest BCUT2D eigenvalue weighted by Crippen LogP contribution is 2.35. The van der Waals surface area contributed by atoms with Gasteiger partial charge in [0.1, 0.15) is 0 Å². The van der Waals surface area contributed by atoms with E-state index in [0.29, 0.717) is 6.04 Å². The smallest absolute Gasteiger partial charge is 0.0931 e. The van der Waals surface area contributed by atoms with Crippen molar-refractivity contribution in [2.75, 3.05) is 6.54 Å². The summed E-state index contributed by atoms with van der Waals surface area (Å²) in [6, 6.07) is 4.52. The Balaban J connectivity index is 2.18. The first-order valence-electron chi connectivity index (χ1n) is 5.49. The lowest BCUT2D eigenvalue weighted by Gasteiger charge is -2.17. The van der Waals surface area contributed by atoms with Gasteiger partial charge in [-0.05, 0) is 37.9 Å². The van der Waals surface area contributed by atoms with Crippen LogP contribution in [0.3, 0.4) is 0 Å². The van der Waals surface area contributed by atoms with Gasteiger partial charge in [-0.1, -0.05) is 30.2 Å². The van der Waals surface area contributed by atoms with Gasteiger partial charge in [0.15, 0.2) is 0 Å². The molecule has 1 aliphatic rings. The van der Waals surface area contributed by atoms with E-state index in [1.165, 1.54) is 29.7 Å². The number of hydrogen-bond acceptors (Lipinski definition) is 2. The maximum Gasteiger partial charge on any atom is 0.0931 e. The molecule has 1 heterocycles. The van der Waals surface area contributed by atoms with Crippen LogP contribution in [0.25, 0.3) is 0 Å². The molecule has 0 amide bonds. The molecule has 0 saturated carbocycles. The monoisotopic (exact) mass is 241 g/mol. The summed E-state index contributed by atoms with van der Waals surface area (Å²) in [5, 5.41) is 3.54. The number of hydrogen-bond donors (Lipinski definition) is 1. The minimum atomic E-state index is 0.398. The van der Waals surface area contributed by atoms with E-state index in [1.807, 2.05) is 6.07 Å². The molecule has 0 fully saturated rings. The molecule has 1 atom stereocenters. The fraction of sp³-hybridized carbons (Fsp3) is 0.500. The Morgan fingerprint density at radius 2 is 2.40 bits per heavy atom. The SMILES string of the molecule is CCNC(C1=CCCC1)c1ccc(Cl)s1. The predicted octanol–water partition coefficient (Wildman–Crippen LogP) is 4.16. The molecule has 1 aliphatic carbocycles. The second-order valence-electron chi connectivity index (χ2n) is 3.80. The Morgan fingerprint density at radius 3 is 2.93 bits per heavy atom. The Kier molecular flexibility index (Phi) is 3.84. The maximum absolute atomic E-state index is 5.98. The zero-order valence-electron chi connectivity index (χ0n) is 8.92. The van der Waals surface area contributed by atoms with E-state index in [4.69, 9.17) is 11.6 Å². The molecule has 1 nitrogen and oxygen atoms in total. The van der Waals surface area contributed by atoms with Crippen LogP contribution in [0.1, 0.15) is 37.1 Å². The molecule has 3 heteroatoms. The van der Waals surface area contributed by atoms with Crippen molar-refractivity contribution in [1.29, 1.82) is 0 Å². The van der Waals surface area contributed by atoms with Crippen molar-refractivity contribution in [3.8, 4) is 0 Å². The number of halogens is 1. The number of rotatable bonds is 4. The summed E-state index contributed by atoms with van der Waals surface area (Å²) in [6.45, 7) is 3.15. The van der Waals surface area contributed by atoms with E-state index in [9.17, 15) is 0 Å². The lowest BCUT2D eigenvalue weighted by atomic mass is 10.1. The van der Waals surface area contributed by atoms with Gasteiger partial charge in [0.2, 0.25) is 0 Å². The zero-order valence-corrected chi connectivity index (χ0v) is 10.5. The summed E-state index contributed by atoms with van der Waals surface area (Å²) in [7, 11) is 0. The topological polar surface area (TPSA) is 12.0 Å². The lowest BCUT2D eigenvalue weighted by Crippen LogP contribution is -2.21. The highest BCUT2D eigenvalue weighted by molar-refractivity contribution is 7.16. The average Bonchev–Trinajstić information content (AvgIpc) is 2.85. The molecule has 2 rings (SSSR count). The van der Waals surface area contributed by atoms with Gasteiger partial charge in [0, 0.05) is 4.88 Å². The van der Waals surface area contributed by atoms with Crippen LogP contribution >= 0.6 is 22.9 Å². The molecule has 82 valence electrons. The highest BCUT2D eigenvalue weighted by Gasteiger charge is 2.19. The molecule has 15 heavy (non-hydrogen) atoms. The van der Waals surface area contributed by atoms with Crippen LogP contribution in [0, 0.1) is 0 Å². The standard InChI is InChI=1S/C12H16ClNS/c1-2-14-12(9-5-3-4-6-9)10-7-8-11(13)15-10/h5,7-8,12,14H,2-4,6H2,1H3. The van der Waals surface area contributed by atoms with Crippen molar-refractivity contribution in [2.45, 2.75) is 32.2 Å². The largest absolute Gasteiger partial charge is 0.306 e. The fourth-order valence-corrected chi connectivity index (χ4v) is 3.24. The summed E-state index contributed by atoms with van der Waals surface area (Å²) in [4.78, 5) is 1.34. The third-order valence-electron chi connectivity index (χ3n) is 2.73. The molecular weight excluding hydrogens is 226 g/mol. The summed E-state index contributed by atoms with van der Waals surface area (Å²) in [5.74, 6) is 0. The molecule has 0 spiro atoms. The third-order valence-corrected chi connectivity index (χ3v) is 4.03. The minimum Gasteiger partial charge on any atom is -0.306 e. The van der Waals surface area contributed by atoms with Crippen molar-refractivity contribution >= 4 is 22.9 Å². The van der Waals surface area contributed by atoms with Crippen LogP contribution in [0.15, 0.2) is 23.8 Å². The second-order valence-corrected chi connectivity index (χ2v) is 5.55. The average molecular weight is 242 g/mol. The molecule has 0 bridgehead atoms. The van der Waals surface area contributed by atoms with E-state index < -0.39 is 0 Å². The van der Waals surface area contributed by atoms with Crippen LogP contribution in [-0.4, -0.2) is 6.54 Å². The molecule has 0 aromatic carbocycles. The zero-order chi connectivity index (χ0) is 10.7. The molecule has 0 radical (unpaired) electrons. The van der Waals surface area contributed by atoms with Gasteiger partial charge in [-0.25, -0.2) is 0 Å². The Hall–Kier alpha value is -0.310. The van der Waals surface area contributed by atoms with E-state index in [-0.39, 0.29) is 0 Å². The van der Waals surface area contributed by atoms with Gasteiger partial charge < -0.3 is 5.32 Å². The molecule has 1 unspecified atom stereocenters. The Morgan fingerprint density at radius 1 is 1.53 bits per heavy atom. The van der Waals surface area contributed by atoms with Crippen LogP contribution in [-0.2, 0) is 0 Å².